The molecule has 174 valence electrons. The van der Waals surface area contributed by atoms with Crippen molar-refractivity contribution in [3.63, 3.8) is 0 Å². The van der Waals surface area contributed by atoms with Gasteiger partial charge in [0.1, 0.15) is 0 Å². The van der Waals surface area contributed by atoms with Crippen LogP contribution in [0.3, 0.4) is 0 Å². The Hall–Kier alpha value is -2.19. The molecular formula is C23H25ClF3NO3S. The minimum atomic E-state index is -1.61. The molecule has 2 aromatic rings. The minimum Gasteiger partial charge on any atom is -0.481 e. The number of carbonyl (C=O) groups is 2. The molecule has 0 aromatic heterocycles. The van der Waals surface area contributed by atoms with Crippen LogP contribution in [0.4, 0.5) is 18.9 Å². The van der Waals surface area contributed by atoms with E-state index in [9.17, 15) is 27.9 Å². The molecule has 3 unspecified atom stereocenters. The highest BCUT2D eigenvalue weighted by Crippen LogP contribution is 2.37. The fraction of sp³-hybridized carbons (Fsp3) is 0.391. The number of aliphatic carboxylic acids is 1. The molecule has 0 fully saturated rings. The lowest BCUT2D eigenvalue weighted by Crippen LogP contribution is -2.21. The van der Waals surface area contributed by atoms with E-state index >= 15 is 0 Å². The summed E-state index contributed by atoms with van der Waals surface area (Å²) in [4.78, 5) is 24.5. The average molecular weight is 488 g/mol. The van der Waals surface area contributed by atoms with Crippen molar-refractivity contribution in [3.8, 4) is 0 Å². The number of carbonyl (C=O) groups excluding carboxylic acids is 1. The SMILES string of the molecule is CCCC(CC(C)C(=O)O)C(C)Sc1cc(C(=O)Nc2cc(F)c(F)c(F)c2)ccc1Cl. The van der Waals surface area contributed by atoms with Crippen LogP contribution < -0.4 is 5.32 Å². The summed E-state index contributed by atoms with van der Waals surface area (Å²) in [7, 11) is 0. The molecule has 0 saturated heterocycles. The van der Waals surface area contributed by atoms with E-state index in [1.54, 1.807) is 19.1 Å². The summed E-state index contributed by atoms with van der Waals surface area (Å²) in [6, 6.07) is 5.98. The maximum Gasteiger partial charge on any atom is 0.306 e. The van der Waals surface area contributed by atoms with E-state index in [4.69, 9.17) is 11.6 Å². The molecule has 0 heterocycles. The molecule has 32 heavy (non-hydrogen) atoms. The topological polar surface area (TPSA) is 66.4 Å². The quantitative estimate of drug-likeness (QED) is 0.279. The molecule has 2 aromatic carbocycles. The molecule has 2 N–H and O–H groups in total. The van der Waals surface area contributed by atoms with Crippen molar-refractivity contribution in [1.29, 1.82) is 0 Å². The third kappa shape index (κ3) is 6.90. The van der Waals surface area contributed by atoms with Crippen LogP contribution in [-0.2, 0) is 4.79 Å². The molecule has 0 spiro atoms. The number of nitrogens with one attached hydrogen (secondary N) is 1. The van der Waals surface area contributed by atoms with E-state index in [2.05, 4.69) is 5.32 Å². The molecular weight excluding hydrogens is 463 g/mol. The molecule has 4 nitrogen and oxygen atoms in total. The zero-order valence-corrected chi connectivity index (χ0v) is 19.5. The smallest absolute Gasteiger partial charge is 0.306 e. The van der Waals surface area contributed by atoms with E-state index in [1.807, 2.05) is 13.8 Å². The van der Waals surface area contributed by atoms with E-state index in [1.165, 1.54) is 17.8 Å². The van der Waals surface area contributed by atoms with Crippen molar-refractivity contribution in [2.45, 2.75) is 50.2 Å². The van der Waals surface area contributed by atoms with Crippen LogP contribution in [0.2, 0.25) is 5.02 Å². The van der Waals surface area contributed by atoms with Gasteiger partial charge in [0.25, 0.3) is 5.91 Å². The number of thioether (sulfide) groups is 1. The number of hydrogen-bond donors (Lipinski definition) is 2. The maximum atomic E-state index is 13.4. The van der Waals surface area contributed by atoms with E-state index in [0.717, 1.165) is 12.8 Å². The number of carboxylic acid groups (broad SMARTS) is 1. The standard InChI is InChI=1S/C23H25ClF3NO3S/c1-4-5-14(8-12(2)23(30)31)13(3)32-20-9-15(6-7-17(20)24)22(29)28-16-10-18(25)21(27)19(26)11-16/h6-7,9-14H,4-5,8H2,1-3H3,(H,28,29)(H,30,31). The van der Waals surface area contributed by atoms with Gasteiger partial charge in [0.2, 0.25) is 0 Å². The van der Waals surface area contributed by atoms with Gasteiger partial charge in [0.15, 0.2) is 17.5 Å². The summed E-state index contributed by atoms with van der Waals surface area (Å²) < 4.78 is 39.9. The Morgan fingerprint density at radius 1 is 1.12 bits per heavy atom. The first-order valence-electron chi connectivity index (χ1n) is 10.2. The Labute approximate surface area is 194 Å². The van der Waals surface area contributed by atoms with Crippen molar-refractivity contribution in [2.75, 3.05) is 5.32 Å². The second kappa shape index (κ2) is 11.6. The van der Waals surface area contributed by atoms with Gasteiger partial charge in [0.05, 0.1) is 10.9 Å². The van der Waals surface area contributed by atoms with Crippen molar-refractivity contribution >= 4 is 40.9 Å². The highest BCUT2D eigenvalue weighted by atomic mass is 35.5. The summed E-state index contributed by atoms with van der Waals surface area (Å²) in [5.74, 6) is -6.23. The van der Waals surface area contributed by atoms with Gasteiger partial charge in [-0.2, -0.15) is 0 Å². The zero-order valence-electron chi connectivity index (χ0n) is 17.9. The van der Waals surface area contributed by atoms with Crippen LogP contribution in [-0.4, -0.2) is 22.2 Å². The normalized spacial score (nSPS) is 14.0. The Morgan fingerprint density at radius 2 is 1.75 bits per heavy atom. The van der Waals surface area contributed by atoms with Crippen LogP contribution in [0.5, 0.6) is 0 Å². The number of rotatable bonds is 10. The Balaban J connectivity index is 2.18. The van der Waals surface area contributed by atoms with Gasteiger partial charge >= 0.3 is 5.97 Å². The van der Waals surface area contributed by atoms with Crippen LogP contribution in [0.1, 0.15) is 50.4 Å². The van der Waals surface area contributed by atoms with Crippen molar-refractivity contribution < 1.29 is 27.9 Å². The first kappa shape index (κ1) is 26.1. The van der Waals surface area contributed by atoms with E-state index in [0.29, 0.717) is 28.5 Å². The number of halogens is 4. The molecule has 0 radical (unpaired) electrons. The fourth-order valence-electron chi connectivity index (χ4n) is 3.33. The van der Waals surface area contributed by atoms with Gasteiger partial charge in [-0.3, -0.25) is 9.59 Å². The van der Waals surface area contributed by atoms with Gasteiger partial charge < -0.3 is 10.4 Å². The van der Waals surface area contributed by atoms with Crippen LogP contribution in [0.15, 0.2) is 35.2 Å². The summed E-state index contributed by atoms with van der Waals surface area (Å²) in [5.41, 5.74) is -0.00484. The van der Waals surface area contributed by atoms with Gasteiger partial charge in [0, 0.05) is 33.5 Å². The van der Waals surface area contributed by atoms with Crippen LogP contribution in [0.25, 0.3) is 0 Å². The third-order valence-corrected chi connectivity index (χ3v) is 6.94. The Kier molecular flexibility index (Phi) is 9.46. The van der Waals surface area contributed by atoms with E-state index in [-0.39, 0.29) is 22.4 Å². The molecule has 9 heteroatoms. The molecule has 0 aliphatic rings. The predicted molar refractivity (Wildman–Crippen MR) is 121 cm³/mol. The molecule has 0 aliphatic heterocycles. The molecule has 1 amide bonds. The number of hydrogen-bond acceptors (Lipinski definition) is 3. The molecule has 0 saturated carbocycles. The largest absolute Gasteiger partial charge is 0.481 e. The van der Waals surface area contributed by atoms with Crippen molar-refractivity contribution in [1.82, 2.24) is 0 Å². The molecule has 0 aliphatic carbocycles. The van der Waals surface area contributed by atoms with Gasteiger partial charge in [-0.15, -0.1) is 11.8 Å². The third-order valence-electron chi connectivity index (χ3n) is 5.15. The monoisotopic (exact) mass is 487 g/mol. The lowest BCUT2D eigenvalue weighted by molar-refractivity contribution is -0.141. The van der Waals surface area contributed by atoms with E-state index < -0.39 is 35.2 Å². The molecule has 2 rings (SSSR count). The highest BCUT2D eigenvalue weighted by Gasteiger charge is 2.24. The minimum absolute atomic E-state index is 0.0350. The molecule has 0 bridgehead atoms. The predicted octanol–water partition coefficient (Wildman–Crippen LogP) is 7.02. The average Bonchev–Trinajstić information content (AvgIpc) is 2.72. The summed E-state index contributed by atoms with van der Waals surface area (Å²) >= 11 is 7.76. The van der Waals surface area contributed by atoms with Gasteiger partial charge in [-0.25, -0.2) is 13.2 Å². The first-order chi connectivity index (χ1) is 15.0. The second-order valence-corrected chi connectivity index (χ2v) is 9.53. The van der Waals surface area contributed by atoms with Crippen molar-refractivity contribution in [3.05, 3.63) is 58.4 Å². The van der Waals surface area contributed by atoms with Crippen LogP contribution in [0, 0.1) is 29.3 Å². The lowest BCUT2D eigenvalue weighted by atomic mass is 9.90. The Bertz CT molecular complexity index is 966. The highest BCUT2D eigenvalue weighted by molar-refractivity contribution is 8.00. The van der Waals surface area contributed by atoms with Gasteiger partial charge in [-0.05, 0) is 37.0 Å². The lowest BCUT2D eigenvalue weighted by Gasteiger charge is -2.25. The van der Waals surface area contributed by atoms with Gasteiger partial charge in [-0.1, -0.05) is 38.8 Å². The Morgan fingerprint density at radius 3 is 2.31 bits per heavy atom. The molecule has 3 atom stereocenters. The zero-order chi connectivity index (χ0) is 24.0. The number of amides is 1. The van der Waals surface area contributed by atoms with Crippen LogP contribution >= 0.6 is 23.4 Å². The number of benzene rings is 2. The summed E-state index contributed by atoms with van der Waals surface area (Å²) in [6.45, 7) is 5.71. The summed E-state index contributed by atoms with van der Waals surface area (Å²) in [5, 5.41) is 12.1. The first-order valence-corrected chi connectivity index (χ1v) is 11.4. The second-order valence-electron chi connectivity index (χ2n) is 7.70. The summed E-state index contributed by atoms with van der Waals surface area (Å²) in [6.07, 6.45) is 2.28. The number of carboxylic acids is 1. The number of anilines is 1. The maximum absolute atomic E-state index is 13.4. The fourth-order valence-corrected chi connectivity index (χ4v) is 4.80. The van der Waals surface area contributed by atoms with Crippen molar-refractivity contribution in [2.24, 2.45) is 11.8 Å².